The van der Waals surface area contributed by atoms with E-state index in [1.165, 1.54) is 0 Å². The first kappa shape index (κ1) is 18.3. The molecule has 0 radical (unpaired) electrons. The van der Waals surface area contributed by atoms with Gasteiger partial charge in [0.15, 0.2) is 0 Å². The molecule has 24 heavy (non-hydrogen) atoms. The fourth-order valence-corrected chi connectivity index (χ4v) is 2.99. The minimum atomic E-state index is -1.79. The van der Waals surface area contributed by atoms with E-state index in [2.05, 4.69) is 56.3 Å². The highest BCUT2D eigenvalue weighted by molar-refractivity contribution is 6.74. The SMILES string of the molecule is CN(C)c1cc(Nc2ccc(O[Si](C)(C)C(C)(C)C)cc2)ccn1. The lowest BCUT2D eigenvalue weighted by molar-refractivity contribution is 0.492. The fraction of sp³-hybridized carbons (Fsp3) is 0.421. The van der Waals surface area contributed by atoms with E-state index in [9.17, 15) is 0 Å². The second kappa shape index (κ2) is 6.85. The van der Waals surface area contributed by atoms with E-state index < -0.39 is 8.32 Å². The smallest absolute Gasteiger partial charge is 0.250 e. The van der Waals surface area contributed by atoms with Crippen molar-refractivity contribution < 1.29 is 4.43 Å². The molecular formula is C19H29N3OSi. The molecule has 0 bridgehead atoms. The lowest BCUT2D eigenvalue weighted by atomic mass is 10.2. The van der Waals surface area contributed by atoms with Crippen LogP contribution in [0.3, 0.4) is 0 Å². The Kier molecular flexibility index (Phi) is 5.23. The van der Waals surface area contributed by atoms with Gasteiger partial charge >= 0.3 is 0 Å². The summed E-state index contributed by atoms with van der Waals surface area (Å²) in [5, 5.41) is 3.61. The number of pyridine rings is 1. The zero-order chi connectivity index (χ0) is 18.0. The summed E-state index contributed by atoms with van der Waals surface area (Å²) < 4.78 is 6.32. The molecule has 1 N–H and O–H groups in total. The Balaban J connectivity index is 2.09. The first-order valence-corrected chi connectivity index (χ1v) is 11.2. The Morgan fingerprint density at radius 2 is 1.62 bits per heavy atom. The van der Waals surface area contributed by atoms with Crippen LogP contribution in [0.2, 0.25) is 18.1 Å². The van der Waals surface area contributed by atoms with Crippen molar-refractivity contribution >= 4 is 25.5 Å². The van der Waals surface area contributed by atoms with Gasteiger partial charge in [-0.25, -0.2) is 4.98 Å². The van der Waals surface area contributed by atoms with Crippen molar-refractivity contribution in [3.05, 3.63) is 42.6 Å². The van der Waals surface area contributed by atoms with Crippen molar-refractivity contribution in [3.63, 3.8) is 0 Å². The maximum atomic E-state index is 6.32. The largest absolute Gasteiger partial charge is 0.544 e. The fourth-order valence-electron chi connectivity index (χ4n) is 1.96. The van der Waals surface area contributed by atoms with Crippen LogP contribution in [0.4, 0.5) is 17.2 Å². The van der Waals surface area contributed by atoms with Gasteiger partial charge in [-0.15, -0.1) is 0 Å². The third-order valence-electron chi connectivity index (χ3n) is 4.53. The van der Waals surface area contributed by atoms with E-state index in [1.54, 1.807) is 0 Å². The highest BCUT2D eigenvalue weighted by Crippen LogP contribution is 2.37. The van der Waals surface area contributed by atoms with Crippen molar-refractivity contribution in [2.24, 2.45) is 0 Å². The Morgan fingerprint density at radius 1 is 1.00 bits per heavy atom. The third-order valence-corrected chi connectivity index (χ3v) is 8.88. The predicted molar refractivity (Wildman–Crippen MR) is 106 cm³/mol. The summed E-state index contributed by atoms with van der Waals surface area (Å²) in [6.07, 6.45) is 1.81. The number of aromatic nitrogens is 1. The zero-order valence-corrected chi connectivity index (χ0v) is 16.8. The molecule has 130 valence electrons. The van der Waals surface area contributed by atoms with Crippen LogP contribution in [-0.2, 0) is 0 Å². The molecule has 4 nitrogen and oxygen atoms in total. The van der Waals surface area contributed by atoms with Gasteiger partial charge in [-0.05, 0) is 48.5 Å². The van der Waals surface area contributed by atoms with E-state index in [0.717, 1.165) is 22.9 Å². The molecule has 0 unspecified atom stereocenters. The summed E-state index contributed by atoms with van der Waals surface area (Å²) in [7, 11) is 2.18. The van der Waals surface area contributed by atoms with Gasteiger partial charge in [0.05, 0.1) is 0 Å². The van der Waals surface area contributed by atoms with Crippen molar-refractivity contribution in [1.82, 2.24) is 4.98 Å². The number of rotatable bonds is 5. The van der Waals surface area contributed by atoms with Gasteiger partial charge < -0.3 is 14.6 Å². The summed E-state index contributed by atoms with van der Waals surface area (Å²) in [6, 6.07) is 12.2. The lowest BCUT2D eigenvalue weighted by Crippen LogP contribution is -2.43. The topological polar surface area (TPSA) is 37.4 Å². The molecule has 0 saturated carbocycles. The maximum absolute atomic E-state index is 6.32. The number of hydrogen-bond acceptors (Lipinski definition) is 4. The van der Waals surface area contributed by atoms with Gasteiger partial charge in [0.2, 0.25) is 8.32 Å². The number of nitrogens with one attached hydrogen (secondary N) is 1. The van der Waals surface area contributed by atoms with Gasteiger partial charge in [0.25, 0.3) is 0 Å². The molecule has 0 atom stereocenters. The predicted octanol–water partition coefficient (Wildman–Crippen LogP) is 5.28. The molecular weight excluding hydrogens is 314 g/mol. The van der Waals surface area contributed by atoms with Crippen LogP contribution in [0.1, 0.15) is 20.8 Å². The Morgan fingerprint density at radius 3 is 2.17 bits per heavy atom. The molecule has 5 heteroatoms. The summed E-state index contributed by atoms with van der Waals surface area (Å²) in [4.78, 5) is 6.32. The molecule has 2 aromatic rings. The maximum Gasteiger partial charge on any atom is 0.250 e. The molecule has 0 aliphatic rings. The van der Waals surface area contributed by atoms with Gasteiger partial charge in [0, 0.05) is 37.7 Å². The number of anilines is 3. The van der Waals surface area contributed by atoms with Crippen LogP contribution >= 0.6 is 0 Å². The first-order valence-electron chi connectivity index (χ1n) is 8.28. The van der Waals surface area contributed by atoms with Crippen LogP contribution in [0, 0.1) is 0 Å². The van der Waals surface area contributed by atoms with Gasteiger partial charge in [-0.2, -0.15) is 0 Å². The van der Waals surface area contributed by atoms with Crippen molar-refractivity contribution in [1.29, 1.82) is 0 Å². The van der Waals surface area contributed by atoms with Crippen molar-refractivity contribution in [3.8, 4) is 5.75 Å². The monoisotopic (exact) mass is 343 g/mol. The van der Waals surface area contributed by atoms with Crippen molar-refractivity contribution in [2.45, 2.75) is 38.9 Å². The average molecular weight is 344 g/mol. The number of benzene rings is 1. The summed E-state index contributed by atoms with van der Waals surface area (Å²) >= 11 is 0. The summed E-state index contributed by atoms with van der Waals surface area (Å²) in [5.74, 6) is 1.87. The summed E-state index contributed by atoms with van der Waals surface area (Å²) in [6.45, 7) is 11.3. The third kappa shape index (κ3) is 4.51. The molecule has 0 aliphatic heterocycles. The van der Waals surface area contributed by atoms with Gasteiger partial charge in [-0.3, -0.25) is 0 Å². The standard InChI is InChI=1S/C19H29N3OSi/c1-19(2,3)24(6,7)23-17-10-8-15(9-11-17)21-16-12-13-20-18(14-16)22(4)5/h8-14H,1-7H3,(H,20,21). The average Bonchev–Trinajstić information content (AvgIpc) is 2.48. The van der Waals surface area contributed by atoms with E-state index in [-0.39, 0.29) is 5.04 Å². The normalized spacial score (nSPS) is 12.0. The van der Waals surface area contributed by atoms with Crippen LogP contribution in [-0.4, -0.2) is 27.4 Å². The molecule has 0 saturated heterocycles. The number of nitrogens with zero attached hydrogens (tertiary/aromatic N) is 2. The summed E-state index contributed by atoms with van der Waals surface area (Å²) in [5.41, 5.74) is 2.06. The van der Waals surface area contributed by atoms with Crippen LogP contribution < -0.4 is 14.6 Å². The van der Waals surface area contributed by atoms with Crippen LogP contribution in [0.5, 0.6) is 5.75 Å². The van der Waals surface area contributed by atoms with Crippen molar-refractivity contribution in [2.75, 3.05) is 24.3 Å². The molecule has 0 fully saturated rings. The zero-order valence-electron chi connectivity index (χ0n) is 15.8. The Bertz CT molecular complexity index is 676. The van der Waals surface area contributed by atoms with Crippen LogP contribution in [0.25, 0.3) is 0 Å². The minimum Gasteiger partial charge on any atom is -0.544 e. The Hall–Kier alpha value is -2.01. The molecule has 0 amide bonds. The molecule has 1 heterocycles. The molecule has 1 aromatic carbocycles. The van der Waals surface area contributed by atoms with E-state index in [1.807, 2.05) is 49.5 Å². The molecule has 0 aliphatic carbocycles. The van der Waals surface area contributed by atoms with E-state index in [4.69, 9.17) is 4.43 Å². The van der Waals surface area contributed by atoms with E-state index in [0.29, 0.717) is 0 Å². The number of hydrogen-bond donors (Lipinski definition) is 1. The Labute approximate surface area is 147 Å². The quantitative estimate of drug-likeness (QED) is 0.750. The van der Waals surface area contributed by atoms with Crippen LogP contribution in [0.15, 0.2) is 42.6 Å². The second-order valence-corrected chi connectivity index (χ2v) is 12.5. The second-order valence-electron chi connectivity index (χ2n) is 7.81. The van der Waals surface area contributed by atoms with Gasteiger partial charge in [0.1, 0.15) is 11.6 Å². The molecule has 1 aromatic heterocycles. The van der Waals surface area contributed by atoms with E-state index >= 15 is 0 Å². The highest BCUT2D eigenvalue weighted by Gasteiger charge is 2.38. The lowest BCUT2D eigenvalue weighted by Gasteiger charge is -2.36. The molecule has 0 spiro atoms. The minimum absolute atomic E-state index is 0.198. The molecule has 2 rings (SSSR count). The highest BCUT2D eigenvalue weighted by atomic mass is 28.4. The van der Waals surface area contributed by atoms with Gasteiger partial charge in [-0.1, -0.05) is 20.8 Å². The first-order chi connectivity index (χ1) is 11.1.